The number of nitrogens with zero attached hydrogens (tertiary/aromatic N) is 4. The predicted octanol–water partition coefficient (Wildman–Crippen LogP) is 1.88. The first-order valence-electron chi connectivity index (χ1n) is 6.59. The number of tetrazole rings is 1. The fourth-order valence-corrected chi connectivity index (χ4v) is 3.87. The van der Waals surface area contributed by atoms with Crippen LogP contribution in [-0.2, 0) is 0 Å². The van der Waals surface area contributed by atoms with Crippen LogP contribution in [0.25, 0.3) is 5.69 Å². The topological polar surface area (TPSA) is 69.6 Å². The first-order valence-corrected chi connectivity index (χ1v) is 7.47. The van der Waals surface area contributed by atoms with Crippen LogP contribution in [-0.4, -0.2) is 32.0 Å². The summed E-state index contributed by atoms with van der Waals surface area (Å²) in [5.74, 6) is 0.589. The van der Waals surface area contributed by atoms with Crippen molar-refractivity contribution < 1.29 is 0 Å². The van der Waals surface area contributed by atoms with Crippen molar-refractivity contribution in [2.45, 2.75) is 29.7 Å². The van der Waals surface area contributed by atoms with Gasteiger partial charge >= 0.3 is 0 Å². The largest absolute Gasteiger partial charge is 0.330 e. The normalized spacial score (nSPS) is 22.8. The zero-order valence-electron chi connectivity index (χ0n) is 10.6. The molecule has 0 spiro atoms. The van der Waals surface area contributed by atoms with E-state index in [-0.39, 0.29) is 0 Å². The third-order valence-corrected chi connectivity index (χ3v) is 4.98. The number of thioether (sulfide) groups is 1. The van der Waals surface area contributed by atoms with Crippen molar-refractivity contribution in [1.29, 1.82) is 0 Å². The van der Waals surface area contributed by atoms with Gasteiger partial charge in [-0.3, -0.25) is 0 Å². The van der Waals surface area contributed by atoms with Crippen LogP contribution in [0.15, 0.2) is 35.5 Å². The second-order valence-electron chi connectivity index (χ2n) is 4.79. The number of para-hydroxylation sites is 1. The summed E-state index contributed by atoms with van der Waals surface area (Å²) in [5, 5.41) is 13.4. The Bertz CT molecular complexity index is 527. The lowest BCUT2D eigenvalue weighted by atomic mass is 10.1. The molecule has 19 heavy (non-hydrogen) atoms. The minimum Gasteiger partial charge on any atom is -0.330 e. The average Bonchev–Trinajstić information content (AvgIpc) is 3.09. The van der Waals surface area contributed by atoms with Crippen LogP contribution in [0.5, 0.6) is 0 Å². The van der Waals surface area contributed by atoms with Crippen LogP contribution in [0.4, 0.5) is 0 Å². The number of aromatic nitrogens is 4. The highest BCUT2D eigenvalue weighted by molar-refractivity contribution is 7.99. The maximum absolute atomic E-state index is 5.83. The van der Waals surface area contributed by atoms with E-state index < -0.39 is 0 Å². The molecular formula is C13H17N5S. The third-order valence-electron chi connectivity index (χ3n) is 3.59. The monoisotopic (exact) mass is 275 g/mol. The Morgan fingerprint density at radius 1 is 1.26 bits per heavy atom. The van der Waals surface area contributed by atoms with Crippen molar-refractivity contribution in [3.63, 3.8) is 0 Å². The second kappa shape index (κ2) is 5.71. The van der Waals surface area contributed by atoms with E-state index in [0.717, 1.165) is 17.4 Å². The highest BCUT2D eigenvalue weighted by Crippen LogP contribution is 2.37. The number of nitrogens with two attached hydrogens (primary N) is 1. The highest BCUT2D eigenvalue weighted by atomic mass is 32.2. The van der Waals surface area contributed by atoms with E-state index in [1.54, 1.807) is 16.4 Å². The van der Waals surface area contributed by atoms with Gasteiger partial charge in [0.2, 0.25) is 5.16 Å². The molecule has 3 rings (SSSR count). The molecule has 2 atom stereocenters. The molecule has 1 aliphatic carbocycles. The maximum atomic E-state index is 5.83. The lowest BCUT2D eigenvalue weighted by Gasteiger charge is -2.16. The molecule has 1 fully saturated rings. The van der Waals surface area contributed by atoms with Crippen LogP contribution >= 0.6 is 11.8 Å². The van der Waals surface area contributed by atoms with Gasteiger partial charge < -0.3 is 5.73 Å². The SMILES string of the molecule is NCC1CCCC1Sc1nnnn1-c1ccccc1. The molecule has 1 heterocycles. The zero-order chi connectivity index (χ0) is 13.1. The molecule has 1 aliphatic rings. The summed E-state index contributed by atoms with van der Waals surface area (Å²) < 4.78 is 1.80. The Morgan fingerprint density at radius 3 is 2.89 bits per heavy atom. The Labute approximate surface area is 116 Å². The van der Waals surface area contributed by atoms with Crippen LogP contribution in [0.1, 0.15) is 19.3 Å². The molecule has 0 amide bonds. The Balaban J connectivity index is 1.81. The molecule has 1 saturated carbocycles. The summed E-state index contributed by atoms with van der Waals surface area (Å²) in [5.41, 5.74) is 6.83. The van der Waals surface area contributed by atoms with Gasteiger partial charge in [0.05, 0.1) is 5.69 Å². The van der Waals surface area contributed by atoms with E-state index in [4.69, 9.17) is 5.73 Å². The Kier molecular flexibility index (Phi) is 3.79. The number of benzene rings is 1. The summed E-state index contributed by atoms with van der Waals surface area (Å²) >= 11 is 1.76. The molecule has 0 radical (unpaired) electrons. The van der Waals surface area contributed by atoms with Crippen molar-refractivity contribution in [3.05, 3.63) is 30.3 Å². The van der Waals surface area contributed by atoms with E-state index in [1.807, 2.05) is 30.3 Å². The van der Waals surface area contributed by atoms with E-state index in [0.29, 0.717) is 11.2 Å². The first-order chi connectivity index (χ1) is 9.38. The van der Waals surface area contributed by atoms with Crippen molar-refractivity contribution >= 4 is 11.8 Å². The smallest absolute Gasteiger partial charge is 0.214 e. The van der Waals surface area contributed by atoms with Crippen molar-refractivity contribution in [2.75, 3.05) is 6.54 Å². The summed E-state index contributed by atoms with van der Waals surface area (Å²) in [6.45, 7) is 0.755. The molecule has 0 bridgehead atoms. The van der Waals surface area contributed by atoms with Crippen molar-refractivity contribution in [1.82, 2.24) is 20.2 Å². The van der Waals surface area contributed by atoms with E-state index in [2.05, 4.69) is 15.5 Å². The first kappa shape index (κ1) is 12.6. The molecule has 100 valence electrons. The third kappa shape index (κ3) is 2.64. The van der Waals surface area contributed by atoms with E-state index >= 15 is 0 Å². The minimum atomic E-state index is 0.540. The lowest BCUT2D eigenvalue weighted by Crippen LogP contribution is -2.20. The molecule has 2 N–H and O–H groups in total. The molecule has 6 heteroatoms. The molecular weight excluding hydrogens is 258 g/mol. The molecule has 1 aromatic heterocycles. The van der Waals surface area contributed by atoms with Gasteiger partial charge in [0.25, 0.3) is 0 Å². The van der Waals surface area contributed by atoms with Crippen molar-refractivity contribution in [2.24, 2.45) is 11.7 Å². The molecule has 5 nitrogen and oxygen atoms in total. The van der Waals surface area contributed by atoms with Gasteiger partial charge in [-0.25, -0.2) is 0 Å². The van der Waals surface area contributed by atoms with Gasteiger partial charge in [0, 0.05) is 5.25 Å². The number of rotatable bonds is 4. The fourth-order valence-electron chi connectivity index (χ4n) is 2.55. The number of hydrogen-bond acceptors (Lipinski definition) is 5. The summed E-state index contributed by atoms with van der Waals surface area (Å²) in [4.78, 5) is 0. The van der Waals surface area contributed by atoms with Crippen LogP contribution in [0.3, 0.4) is 0 Å². The van der Waals surface area contributed by atoms with Crippen LogP contribution in [0, 0.1) is 5.92 Å². The van der Waals surface area contributed by atoms with Crippen molar-refractivity contribution in [3.8, 4) is 5.69 Å². The van der Waals surface area contributed by atoms with Gasteiger partial charge in [-0.05, 0) is 47.9 Å². The second-order valence-corrected chi connectivity index (χ2v) is 6.00. The van der Waals surface area contributed by atoms with Gasteiger partial charge in [-0.2, -0.15) is 4.68 Å². The maximum Gasteiger partial charge on any atom is 0.214 e. The van der Waals surface area contributed by atoms with Gasteiger partial charge in [-0.1, -0.05) is 36.4 Å². The van der Waals surface area contributed by atoms with Gasteiger partial charge in [0.1, 0.15) is 0 Å². The molecule has 0 saturated heterocycles. The minimum absolute atomic E-state index is 0.540. The summed E-state index contributed by atoms with van der Waals surface area (Å²) in [6.07, 6.45) is 3.68. The highest BCUT2D eigenvalue weighted by Gasteiger charge is 2.28. The van der Waals surface area contributed by atoms with E-state index in [9.17, 15) is 0 Å². The van der Waals surface area contributed by atoms with Crippen LogP contribution < -0.4 is 5.73 Å². The Morgan fingerprint density at radius 2 is 2.11 bits per heavy atom. The van der Waals surface area contributed by atoms with Gasteiger partial charge in [0.15, 0.2) is 0 Å². The molecule has 2 unspecified atom stereocenters. The summed E-state index contributed by atoms with van der Waals surface area (Å²) in [7, 11) is 0. The molecule has 0 aliphatic heterocycles. The quantitative estimate of drug-likeness (QED) is 0.922. The predicted molar refractivity (Wildman–Crippen MR) is 75.2 cm³/mol. The van der Waals surface area contributed by atoms with Gasteiger partial charge in [-0.15, -0.1) is 5.10 Å². The fraction of sp³-hybridized carbons (Fsp3) is 0.462. The molecule has 1 aromatic carbocycles. The summed E-state index contributed by atoms with van der Waals surface area (Å²) in [6, 6.07) is 9.99. The lowest BCUT2D eigenvalue weighted by molar-refractivity contribution is 0.571. The molecule has 2 aromatic rings. The average molecular weight is 275 g/mol. The number of hydrogen-bond donors (Lipinski definition) is 1. The standard InChI is InChI=1S/C13H17N5S/c14-9-10-5-4-8-12(10)19-13-15-16-17-18(13)11-6-2-1-3-7-11/h1-3,6-7,10,12H,4-5,8-9,14H2. The Hall–Kier alpha value is -1.40. The zero-order valence-corrected chi connectivity index (χ0v) is 11.5. The van der Waals surface area contributed by atoms with E-state index in [1.165, 1.54) is 19.3 Å². The van der Waals surface area contributed by atoms with Crippen LogP contribution in [0.2, 0.25) is 0 Å².